The number of nitrogens with two attached hydrogens (primary N) is 1. The highest BCUT2D eigenvalue weighted by atomic mass is 16.5. The summed E-state index contributed by atoms with van der Waals surface area (Å²) in [6.07, 6.45) is 0.639. The molecule has 1 heterocycles. The second kappa shape index (κ2) is 5.47. The lowest BCUT2D eigenvalue weighted by Crippen LogP contribution is -2.42. The minimum Gasteiger partial charge on any atom is -0.370 e. The molecule has 88 valence electrons. The van der Waals surface area contributed by atoms with E-state index in [1.807, 2.05) is 4.90 Å². The molecule has 2 N–H and O–H groups in total. The number of carbonyl (C=O) groups excluding carboxylic acids is 1. The highest BCUT2D eigenvalue weighted by Crippen LogP contribution is 2.24. The Hall–Kier alpha value is -0.610. The fourth-order valence-corrected chi connectivity index (χ4v) is 2.03. The first-order valence-electron chi connectivity index (χ1n) is 5.61. The van der Waals surface area contributed by atoms with Crippen LogP contribution in [0.15, 0.2) is 0 Å². The predicted octanol–water partition coefficient (Wildman–Crippen LogP) is 0.465. The van der Waals surface area contributed by atoms with Gasteiger partial charge in [0.25, 0.3) is 5.91 Å². The van der Waals surface area contributed by atoms with E-state index in [1.54, 1.807) is 0 Å². The Morgan fingerprint density at radius 3 is 2.67 bits per heavy atom. The third-order valence-corrected chi connectivity index (χ3v) is 3.25. The summed E-state index contributed by atoms with van der Waals surface area (Å²) in [4.78, 5) is 13.8. The standard InChI is InChI=1S/C11H22N2O2/c1-8(2)9-4-5-13(7-9)11(14)10(6-12)15-3/h8-10H,4-7,12H2,1-3H3. The summed E-state index contributed by atoms with van der Waals surface area (Å²) in [7, 11) is 1.53. The number of hydrogen-bond acceptors (Lipinski definition) is 3. The normalized spacial score (nSPS) is 23.5. The number of carbonyl (C=O) groups is 1. The summed E-state index contributed by atoms with van der Waals surface area (Å²) in [6, 6.07) is 0. The molecule has 0 saturated carbocycles. The molecule has 0 aromatic rings. The third kappa shape index (κ3) is 2.92. The number of amides is 1. The number of nitrogens with zero attached hydrogens (tertiary/aromatic N) is 1. The van der Waals surface area contributed by atoms with Gasteiger partial charge >= 0.3 is 0 Å². The minimum absolute atomic E-state index is 0.0446. The van der Waals surface area contributed by atoms with Gasteiger partial charge in [-0.05, 0) is 18.3 Å². The number of likely N-dealkylation sites (tertiary alicyclic amines) is 1. The number of methoxy groups -OCH3 is 1. The second-order valence-corrected chi connectivity index (χ2v) is 4.54. The van der Waals surface area contributed by atoms with E-state index in [9.17, 15) is 4.79 Å². The molecule has 4 nitrogen and oxygen atoms in total. The van der Waals surface area contributed by atoms with Crippen molar-refractivity contribution in [3.63, 3.8) is 0 Å². The average Bonchev–Trinajstić information content (AvgIpc) is 2.68. The van der Waals surface area contributed by atoms with Crippen molar-refractivity contribution in [1.29, 1.82) is 0 Å². The van der Waals surface area contributed by atoms with E-state index in [0.29, 0.717) is 11.8 Å². The Labute approximate surface area is 91.8 Å². The van der Waals surface area contributed by atoms with Crippen molar-refractivity contribution >= 4 is 5.91 Å². The van der Waals surface area contributed by atoms with Gasteiger partial charge in [-0.15, -0.1) is 0 Å². The van der Waals surface area contributed by atoms with Gasteiger partial charge in [-0.1, -0.05) is 13.8 Å². The zero-order valence-corrected chi connectivity index (χ0v) is 9.90. The lowest BCUT2D eigenvalue weighted by molar-refractivity contribution is -0.140. The second-order valence-electron chi connectivity index (χ2n) is 4.54. The first kappa shape index (κ1) is 12.5. The molecule has 1 saturated heterocycles. The molecule has 0 aromatic carbocycles. The van der Waals surface area contributed by atoms with Crippen LogP contribution in [0.2, 0.25) is 0 Å². The molecule has 0 aliphatic carbocycles. The number of ether oxygens (including phenoxy) is 1. The van der Waals surface area contributed by atoms with Crippen LogP contribution in [0, 0.1) is 11.8 Å². The van der Waals surface area contributed by atoms with Crippen LogP contribution in [0.4, 0.5) is 0 Å². The van der Waals surface area contributed by atoms with E-state index in [-0.39, 0.29) is 12.5 Å². The van der Waals surface area contributed by atoms with Crippen LogP contribution in [-0.4, -0.2) is 43.7 Å². The van der Waals surface area contributed by atoms with Gasteiger partial charge in [0, 0.05) is 26.7 Å². The Kier molecular flexibility index (Phi) is 4.54. The topological polar surface area (TPSA) is 55.6 Å². The molecular weight excluding hydrogens is 192 g/mol. The number of rotatable bonds is 4. The molecule has 1 fully saturated rings. The van der Waals surface area contributed by atoms with Crippen LogP contribution in [0.3, 0.4) is 0 Å². The van der Waals surface area contributed by atoms with E-state index in [2.05, 4.69) is 13.8 Å². The summed E-state index contributed by atoms with van der Waals surface area (Å²) in [5, 5.41) is 0. The zero-order chi connectivity index (χ0) is 11.4. The Morgan fingerprint density at radius 2 is 2.27 bits per heavy atom. The van der Waals surface area contributed by atoms with E-state index in [0.717, 1.165) is 19.5 Å². The van der Waals surface area contributed by atoms with Crippen LogP contribution >= 0.6 is 0 Å². The van der Waals surface area contributed by atoms with E-state index in [4.69, 9.17) is 10.5 Å². The van der Waals surface area contributed by atoms with Crippen LogP contribution in [0.5, 0.6) is 0 Å². The first-order valence-corrected chi connectivity index (χ1v) is 5.61. The van der Waals surface area contributed by atoms with Crippen molar-refractivity contribution in [1.82, 2.24) is 4.90 Å². The van der Waals surface area contributed by atoms with Gasteiger partial charge in [-0.25, -0.2) is 0 Å². The zero-order valence-electron chi connectivity index (χ0n) is 9.90. The highest BCUT2D eigenvalue weighted by Gasteiger charge is 2.31. The molecule has 1 aliphatic heterocycles. The van der Waals surface area contributed by atoms with Gasteiger partial charge in [0.1, 0.15) is 6.10 Å². The molecule has 1 rings (SSSR count). The van der Waals surface area contributed by atoms with Gasteiger partial charge in [0.15, 0.2) is 0 Å². The van der Waals surface area contributed by atoms with E-state index in [1.165, 1.54) is 7.11 Å². The Bertz CT molecular complexity index is 215. The lowest BCUT2D eigenvalue weighted by atomic mass is 9.95. The van der Waals surface area contributed by atoms with Crippen molar-refractivity contribution in [3.8, 4) is 0 Å². The molecular formula is C11H22N2O2. The van der Waals surface area contributed by atoms with E-state index < -0.39 is 6.10 Å². The van der Waals surface area contributed by atoms with E-state index >= 15 is 0 Å². The molecule has 0 spiro atoms. The smallest absolute Gasteiger partial charge is 0.253 e. The van der Waals surface area contributed by atoms with Gasteiger partial charge in [-0.3, -0.25) is 4.79 Å². The maximum Gasteiger partial charge on any atom is 0.253 e. The van der Waals surface area contributed by atoms with Crippen molar-refractivity contribution < 1.29 is 9.53 Å². The largest absolute Gasteiger partial charge is 0.370 e. The van der Waals surface area contributed by atoms with Crippen molar-refractivity contribution in [2.45, 2.75) is 26.4 Å². The Morgan fingerprint density at radius 1 is 1.60 bits per heavy atom. The fraction of sp³-hybridized carbons (Fsp3) is 0.909. The van der Waals surface area contributed by atoms with Crippen molar-refractivity contribution in [3.05, 3.63) is 0 Å². The quantitative estimate of drug-likeness (QED) is 0.740. The van der Waals surface area contributed by atoms with Gasteiger partial charge in [0.2, 0.25) is 0 Å². The van der Waals surface area contributed by atoms with Crippen LogP contribution in [-0.2, 0) is 9.53 Å². The summed E-state index contributed by atoms with van der Waals surface area (Å²) in [5.41, 5.74) is 5.47. The fourth-order valence-electron chi connectivity index (χ4n) is 2.03. The van der Waals surface area contributed by atoms with Gasteiger partial charge in [0.05, 0.1) is 0 Å². The number of hydrogen-bond donors (Lipinski definition) is 1. The SMILES string of the molecule is COC(CN)C(=O)N1CCC(C(C)C)C1. The molecule has 15 heavy (non-hydrogen) atoms. The minimum atomic E-state index is -0.462. The monoisotopic (exact) mass is 214 g/mol. The highest BCUT2D eigenvalue weighted by molar-refractivity contribution is 5.81. The molecule has 1 amide bonds. The van der Waals surface area contributed by atoms with Gasteiger partial charge in [-0.2, -0.15) is 0 Å². The predicted molar refractivity (Wildman–Crippen MR) is 59.4 cm³/mol. The Balaban J connectivity index is 2.49. The molecule has 1 aliphatic rings. The molecule has 4 heteroatoms. The summed E-state index contributed by atoms with van der Waals surface area (Å²) < 4.78 is 5.05. The van der Waals surface area contributed by atoms with Crippen molar-refractivity contribution in [2.24, 2.45) is 17.6 Å². The molecule has 2 atom stereocenters. The third-order valence-electron chi connectivity index (χ3n) is 3.25. The molecule has 0 radical (unpaired) electrons. The summed E-state index contributed by atoms with van der Waals surface area (Å²) >= 11 is 0. The average molecular weight is 214 g/mol. The first-order chi connectivity index (χ1) is 7.10. The molecule has 0 bridgehead atoms. The maximum atomic E-state index is 11.9. The summed E-state index contributed by atoms with van der Waals surface area (Å²) in [5.74, 6) is 1.31. The summed E-state index contributed by atoms with van der Waals surface area (Å²) in [6.45, 7) is 6.38. The van der Waals surface area contributed by atoms with Crippen molar-refractivity contribution in [2.75, 3.05) is 26.7 Å². The van der Waals surface area contributed by atoms with Crippen LogP contribution in [0.25, 0.3) is 0 Å². The van der Waals surface area contributed by atoms with Crippen LogP contribution < -0.4 is 5.73 Å². The molecule has 0 aromatic heterocycles. The van der Waals surface area contributed by atoms with Crippen LogP contribution in [0.1, 0.15) is 20.3 Å². The van der Waals surface area contributed by atoms with Gasteiger partial charge < -0.3 is 15.4 Å². The lowest BCUT2D eigenvalue weighted by Gasteiger charge is -2.22. The maximum absolute atomic E-state index is 11.9. The molecule has 2 unspecified atom stereocenters.